The van der Waals surface area contributed by atoms with Gasteiger partial charge in [0.15, 0.2) is 0 Å². The van der Waals surface area contributed by atoms with Crippen LogP contribution in [0.25, 0.3) is 17.4 Å². The van der Waals surface area contributed by atoms with E-state index in [4.69, 9.17) is 9.15 Å². The van der Waals surface area contributed by atoms with Crippen LogP contribution < -0.4 is 4.74 Å². The summed E-state index contributed by atoms with van der Waals surface area (Å²) in [5, 5.41) is 11.0. The quantitative estimate of drug-likeness (QED) is 0.255. The van der Waals surface area contributed by atoms with Crippen LogP contribution in [-0.4, -0.2) is 34.1 Å². The van der Waals surface area contributed by atoms with Gasteiger partial charge in [0, 0.05) is 23.3 Å². The third kappa shape index (κ3) is 4.83. The molecule has 2 heterocycles. The Hall–Kier alpha value is -3.85. The molecule has 9 heteroatoms. The van der Waals surface area contributed by atoms with Gasteiger partial charge >= 0.3 is 0 Å². The van der Waals surface area contributed by atoms with E-state index in [1.165, 1.54) is 12.1 Å². The Balaban J connectivity index is 1.47. The zero-order valence-corrected chi connectivity index (χ0v) is 18.8. The number of para-hydroxylation sites is 1. The highest BCUT2D eigenvalue weighted by molar-refractivity contribution is 8.18. The number of aryl methyl sites for hydroxylation is 1. The maximum atomic E-state index is 12.7. The van der Waals surface area contributed by atoms with Gasteiger partial charge in [0.05, 0.1) is 16.4 Å². The normalized spacial score (nSPS) is 14.8. The van der Waals surface area contributed by atoms with Gasteiger partial charge < -0.3 is 9.15 Å². The molecule has 0 N–H and O–H groups in total. The molecule has 0 spiro atoms. The van der Waals surface area contributed by atoms with Gasteiger partial charge in [0.25, 0.3) is 16.8 Å². The predicted molar refractivity (Wildman–Crippen MR) is 125 cm³/mol. The summed E-state index contributed by atoms with van der Waals surface area (Å²) < 4.78 is 11.4. The fourth-order valence-electron chi connectivity index (χ4n) is 3.35. The molecule has 1 saturated heterocycles. The lowest BCUT2D eigenvalue weighted by molar-refractivity contribution is -0.385. The van der Waals surface area contributed by atoms with Crippen molar-refractivity contribution >= 4 is 34.7 Å². The SMILES string of the molecule is Cc1cc(-c2ccc(/C=C3\SC(=O)N(CCOc4ccccc4)C3=O)o2)cc([N+](=O)[O-])c1C. The van der Waals surface area contributed by atoms with Crippen molar-refractivity contribution in [1.29, 1.82) is 0 Å². The van der Waals surface area contributed by atoms with E-state index in [1.807, 2.05) is 24.3 Å². The van der Waals surface area contributed by atoms with Crippen molar-refractivity contribution in [2.45, 2.75) is 13.8 Å². The summed E-state index contributed by atoms with van der Waals surface area (Å²) in [7, 11) is 0. The van der Waals surface area contributed by atoms with E-state index in [-0.39, 0.29) is 29.0 Å². The molecule has 0 atom stereocenters. The summed E-state index contributed by atoms with van der Waals surface area (Å²) in [6.45, 7) is 3.82. The molecule has 1 fully saturated rings. The van der Waals surface area contributed by atoms with Crippen molar-refractivity contribution in [2.75, 3.05) is 13.2 Å². The minimum atomic E-state index is -0.423. The highest BCUT2D eigenvalue weighted by Crippen LogP contribution is 2.34. The number of ether oxygens (including phenoxy) is 1. The third-order valence-electron chi connectivity index (χ3n) is 5.22. The fourth-order valence-corrected chi connectivity index (χ4v) is 4.20. The van der Waals surface area contributed by atoms with Gasteiger partial charge in [-0.15, -0.1) is 0 Å². The van der Waals surface area contributed by atoms with Crippen LogP contribution in [0.3, 0.4) is 0 Å². The zero-order valence-electron chi connectivity index (χ0n) is 17.9. The number of rotatable bonds is 7. The molecular formula is C24H20N2O6S. The predicted octanol–water partition coefficient (Wildman–Crippen LogP) is 5.59. The number of nitrogens with zero attached hydrogens (tertiary/aromatic N) is 2. The highest BCUT2D eigenvalue weighted by atomic mass is 32.2. The lowest BCUT2D eigenvalue weighted by Crippen LogP contribution is -2.32. The first-order chi connectivity index (χ1) is 15.8. The second-order valence-electron chi connectivity index (χ2n) is 7.39. The summed E-state index contributed by atoms with van der Waals surface area (Å²) in [5.74, 6) is 1.05. The van der Waals surface area contributed by atoms with E-state index in [0.717, 1.165) is 22.2 Å². The number of hydrogen-bond acceptors (Lipinski definition) is 7. The van der Waals surface area contributed by atoms with Crippen LogP contribution in [0, 0.1) is 24.0 Å². The molecule has 3 aromatic rings. The lowest BCUT2D eigenvalue weighted by atomic mass is 10.0. The van der Waals surface area contributed by atoms with Crippen molar-refractivity contribution in [3.63, 3.8) is 0 Å². The minimum Gasteiger partial charge on any atom is -0.492 e. The summed E-state index contributed by atoms with van der Waals surface area (Å²) in [6.07, 6.45) is 1.50. The molecule has 0 aliphatic carbocycles. The monoisotopic (exact) mass is 464 g/mol. The minimum absolute atomic E-state index is 0.0155. The Labute approximate surface area is 194 Å². The van der Waals surface area contributed by atoms with E-state index in [9.17, 15) is 19.7 Å². The molecule has 4 rings (SSSR count). The molecular weight excluding hydrogens is 444 g/mol. The topological polar surface area (TPSA) is 103 Å². The smallest absolute Gasteiger partial charge is 0.293 e. The number of amides is 2. The highest BCUT2D eigenvalue weighted by Gasteiger charge is 2.35. The molecule has 168 valence electrons. The van der Waals surface area contributed by atoms with Gasteiger partial charge in [0.1, 0.15) is 23.9 Å². The van der Waals surface area contributed by atoms with Crippen LogP contribution in [0.15, 0.2) is 63.9 Å². The standard InChI is InChI=1S/C24H20N2O6S/c1-15-12-17(13-20(16(15)2)26(29)30)21-9-8-19(32-21)14-22-23(27)25(24(28)33-22)10-11-31-18-6-4-3-5-7-18/h3-9,12-14H,10-11H2,1-2H3/b22-14-. The number of nitro groups is 1. The number of hydrogen-bond donors (Lipinski definition) is 0. The Bertz CT molecular complexity index is 1270. The van der Waals surface area contributed by atoms with Crippen LogP contribution in [-0.2, 0) is 4.79 Å². The number of imide groups is 1. The summed E-state index contributed by atoms with van der Waals surface area (Å²) >= 11 is 0.832. The van der Waals surface area contributed by atoms with Crippen LogP contribution in [0.4, 0.5) is 10.5 Å². The second-order valence-corrected chi connectivity index (χ2v) is 8.38. The molecule has 1 aliphatic heterocycles. The summed E-state index contributed by atoms with van der Waals surface area (Å²) in [4.78, 5) is 37.3. The maximum absolute atomic E-state index is 12.7. The fraction of sp³-hybridized carbons (Fsp3) is 0.167. The number of furan rings is 1. The Kier molecular flexibility index (Phi) is 6.32. The van der Waals surface area contributed by atoms with E-state index in [2.05, 4.69) is 0 Å². The largest absolute Gasteiger partial charge is 0.492 e. The Morgan fingerprint density at radius 2 is 1.88 bits per heavy atom. The van der Waals surface area contributed by atoms with Gasteiger partial charge in [0.2, 0.25) is 0 Å². The van der Waals surface area contributed by atoms with Gasteiger partial charge in [-0.25, -0.2) is 0 Å². The van der Waals surface area contributed by atoms with Gasteiger partial charge in [-0.05, 0) is 61.5 Å². The zero-order chi connectivity index (χ0) is 23.5. The first kappa shape index (κ1) is 22.3. The van der Waals surface area contributed by atoms with Crippen molar-refractivity contribution in [3.8, 4) is 17.1 Å². The molecule has 2 aromatic carbocycles. The maximum Gasteiger partial charge on any atom is 0.293 e. The number of thioether (sulfide) groups is 1. The molecule has 8 nitrogen and oxygen atoms in total. The molecule has 0 unspecified atom stereocenters. The molecule has 2 amide bonds. The number of carbonyl (C=O) groups is 2. The van der Waals surface area contributed by atoms with E-state index in [0.29, 0.717) is 28.4 Å². The lowest BCUT2D eigenvalue weighted by Gasteiger charge is -2.13. The van der Waals surface area contributed by atoms with E-state index < -0.39 is 10.8 Å². The van der Waals surface area contributed by atoms with Crippen LogP contribution in [0.1, 0.15) is 16.9 Å². The first-order valence-corrected chi connectivity index (χ1v) is 10.9. The summed E-state index contributed by atoms with van der Waals surface area (Å²) in [5.41, 5.74) is 1.95. The molecule has 33 heavy (non-hydrogen) atoms. The van der Waals surface area contributed by atoms with Crippen molar-refractivity contribution in [1.82, 2.24) is 4.90 Å². The number of benzene rings is 2. The summed E-state index contributed by atoms with van der Waals surface area (Å²) in [6, 6.07) is 15.8. The Morgan fingerprint density at radius 1 is 1.12 bits per heavy atom. The van der Waals surface area contributed by atoms with E-state index in [1.54, 1.807) is 38.1 Å². The van der Waals surface area contributed by atoms with Crippen LogP contribution in [0.5, 0.6) is 5.75 Å². The number of nitro benzene ring substituents is 1. The van der Waals surface area contributed by atoms with Gasteiger partial charge in [-0.2, -0.15) is 0 Å². The number of carbonyl (C=O) groups excluding carboxylic acids is 2. The van der Waals surface area contributed by atoms with Crippen LogP contribution >= 0.6 is 11.8 Å². The second kappa shape index (κ2) is 9.33. The van der Waals surface area contributed by atoms with Crippen molar-refractivity contribution in [2.24, 2.45) is 0 Å². The first-order valence-electron chi connectivity index (χ1n) is 10.1. The molecule has 1 aromatic heterocycles. The molecule has 0 radical (unpaired) electrons. The molecule has 0 saturated carbocycles. The van der Waals surface area contributed by atoms with Crippen LogP contribution in [0.2, 0.25) is 0 Å². The average Bonchev–Trinajstić information content (AvgIpc) is 3.36. The average molecular weight is 464 g/mol. The molecule has 0 bridgehead atoms. The van der Waals surface area contributed by atoms with Gasteiger partial charge in [-0.1, -0.05) is 18.2 Å². The van der Waals surface area contributed by atoms with Gasteiger partial charge in [-0.3, -0.25) is 24.6 Å². The Morgan fingerprint density at radius 3 is 2.61 bits per heavy atom. The van der Waals surface area contributed by atoms with E-state index >= 15 is 0 Å². The van der Waals surface area contributed by atoms with Crippen molar-refractivity contribution < 1.29 is 23.7 Å². The van der Waals surface area contributed by atoms with Crippen molar-refractivity contribution in [3.05, 3.63) is 86.5 Å². The molecule has 1 aliphatic rings. The third-order valence-corrected chi connectivity index (χ3v) is 6.13.